The molecule has 0 amide bonds. The van der Waals surface area contributed by atoms with Crippen molar-refractivity contribution >= 4 is 0 Å². The highest BCUT2D eigenvalue weighted by Gasteiger charge is 2.17. The molecule has 0 saturated heterocycles. The van der Waals surface area contributed by atoms with Gasteiger partial charge in [-0.3, -0.25) is 10.0 Å². The molecule has 14 heavy (non-hydrogen) atoms. The van der Waals surface area contributed by atoms with E-state index in [9.17, 15) is 5.21 Å². The molecular weight excluding hydrogens is 182 g/mol. The number of rotatable bonds is 3. The quantitative estimate of drug-likeness (QED) is 0.709. The summed E-state index contributed by atoms with van der Waals surface area (Å²) in [4.78, 5) is 5.38. The number of nitrogens with one attached hydrogen (secondary N) is 1. The van der Waals surface area contributed by atoms with Crippen LogP contribution in [0.1, 0.15) is 41.5 Å². The van der Waals surface area contributed by atoms with Crippen LogP contribution in [-0.2, 0) is 4.84 Å². The summed E-state index contributed by atoms with van der Waals surface area (Å²) in [5.41, 5.74) is 1.76. The van der Waals surface area contributed by atoms with Crippen LogP contribution < -0.4 is 5.53 Å². The van der Waals surface area contributed by atoms with Gasteiger partial charge in [-0.05, 0) is 41.5 Å². The zero-order chi connectivity index (χ0) is 11.6. The molecule has 0 aromatic heterocycles. The Morgan fingerprint density at radius 3 is 1.79 bits per heavy atom. The molecule has 0 atom stereocenters. The fourth-order valence-corrected chi connectivity index (χ4v) is 0.709. The van der Waals surface area contributed by atoms with E-state index in [1.54, 1.807) is 7.05 Å². The van der Waals surface area contributed by atoms with Gasteiger partial charge in [0.1, 0.15) is 0 Å². The van der Waals surface area contributed by atoms with E-state index in [2.05, 4.69) is 5.53 Å². The Morgan fingerprint density at radius 2 is 1.50 bits per heavy atom. The first kappa shape index (κ1) is 13.8. The van der Waals surface area contributed by atoms with Crippen LogP contribution in [0.4, 0.5) is 0 Å². The molecule has 0 aliphatic heterocycles. The van der Waals surface area contributed by atoms with Crippen LogP contribution in [0.15, 0.2) is 0 Å². The van der Waals surface area contributed by atoms with Crippen molar-refractivity contribution in [3.63, 3.8) is 0 Å². The van der Waals surface area contributed by atoms with E-state index in [1.165, 1.54) is 5.17 Å². The Labute approximate surface area is 86.5 Å². The Balaban J connectivity index is 4.01. The van der Waals surface area contributed by atoms with Crippen LogP contribution in [0.3, 0.4) is 0 Å². The van der Waals surface area contributed by atoms with Crippen molar-refractivity contribution in [1.82, 2.24) is 15.9 Å². The van der Waals surface area contributed by atoms with Gasteiger partial charge in [-0.25, -0.2) is 0 Å². The smallest absolute Gasteiger partial charge is 0.0832 e. The van der Waals surface area contributed by atoms with E-state index in [-0.39, 0.29) is 5.60 Å². The van der Waals surface area contributed by atoms with Crippen LogP contribution in [-0.4, -0.2) is 28.5 Å². The molecule has 0 rings (SSSR count). The number of hydrazine groups is 2. The average Bonchev–Trinajstić information content (AvgIpc) is 1.79. The van der Waals surface area contributed by atoms with Gasteiger partial charge in [-0.1, -0.05) is 0 Å². The van der Waals surface area contributed by atoms with E-state index < -0.39 is 5.54 Å². The molecule has 5 heteroatoms. The lowest BCUT2D eigenvalue weighted by Crippen LogP contribution is -2.54. The number of hydrogen-bond acceptors (Lipinski definition) is 5. The highest BCUT2D eigenvalue weighted by molar-refractivity contribution is 4.71. The molecule has 0 unspecified atom stereocenters. The van der Waals surface area contributed by atoms with E-state index in [4.69, 9.17) is 4.84 Å². The van der Waals surface area contributed by atoms with E-state index >= 15 is 0 Å². The third-order valence-corrected chi connectivity index (χ3v) is 1.25. The van der Waals surface area contributed by atoms with Gasteiger partial charge in [0.25, 0.3) is 0 Å². The molecule has 0 radical (unpaired) electrons. The zero-order valence-electron chi connectivity index (χ0n) is 10.2. The minimum Gasteiger partial charge on any atom is -0.770 e. The van der Waals surface area contributed by atoms with Crippen molar-refractivity contribution < 1.29 is 4.84 Å². The lowest BCUT2D eigenvalue weighted by atomic mass is 10.1. The first-order valence-corrected chi connectivity index (χ1v) is 4.69. The maximum Gasteiger partial charge on any atom is 0.0832 e. The second-order valence-electron chi connectivity index (χ2n) is 5.27. The van der Waals surface area contributed by atoms with Gasteiger partial charge in [0.15, 0.2) is 0 Å². The molecule has 1 N–H and O–H groups in total. The summed E-state index contributed by atoms with van der Waals surface area (Å²) in [6.07, 6.45) is 0. The van der Waals surface area contributed by atoms with E-state index in [0.29, 0.717) is 0 Å². The zero-order valence-corrected chi connectivity index (χ0v) is 10.2. The monoisotopic (exact) mass is 204 g/mol. The van der Waals surface area contributed by atoms with Crippen LogP contribution in [0, 0.1) is 5.21 Å². The third-order valence-electron chi connectivity index (χ3n) is 1.25. The van der Waals surface area contributed by atoms with Crippen molar-refractivity contribution in [1.29, 1.82) is 0 Å². The SMILES string of the molecule is CN(NN([O-])C(C)(C)C)OC(C)(C)C. The topological polar surface area (TPSA) is 50.8 Å². The minimum atomic E-state index is -0.491. The van der Waals surface area contributed by atoms with E-state index in [0.717, 1.165) is 5.17 Å². The lowest BCUT2D eigenvalue weighted by molar-refractivity contribution is -0.273. The molecule has 5 nitrogen and oxygen atoms in total. The predicted molar refractivity (Wildman–Crippen MR) is 56.7 cm³/mol. The van der Waals surface area contributed by atoms with Gasteiger partial charge in [0, 0.05) is 12.6 Å². The van der Waals surface area contributed by atoms with Gasteiger partial charge < -0.3 is 5.21 Å². The van der Waals surface area contributed by atoms with Crippen molar-refractivity contribution in [2.75, 3.05) is 7.05 Å². The van der Waals surface area contributed by atoms with Gasteiger partial charge in [0.05, 0.1) is 5.60 Å². The number of hydrogen-bond donors (Lipinski definition) is 1. The summed E-state index contributed by atoms with van der Waals surface area (Å²) in [7, 11) is 1.65. The maximum atomic E-state index is 11.4. The molecule has 0 aromatic carbocycles. The second kappa shape index (κ2) is 4.55. The molecule has 0 saturated carbocycles. The molecule has 86 valence electrons. The molecule has 0 bridgehead atoms. The first-order chi connectivity index (χ1) is 6.02. The summed E-state index contributed by atoms with van der Waals surface area (Å²) in [6, 6.07) is 0. The standard InChI is InChI=1S/C9H22N3O2/c1-8(2,3)12(13)10-11(7)14-9(4,5)6/h10H,1-7H3/q-1. The van der Waals surface area contributed by atoms with Crippen LogP contribution in [0.5, 0.6) is 0 Å². The van der Waals surface area contributed by atoms with E-state index in [1.807, 2.05) is 41.5 Å². The second-order valence-corrected chi connectivity index (χ2v) is 5.27. The van der Waals surface area contributed by atoms with Crippen molar-refractivity contribution in [2.24, 2.45) is 0 Å². The fraction of sp³-hybridized carbons (Fsp3) is 1.00. The van der Waals surface area contributed by atoms with Crippen LogP contribution >= 0.6 is 0 Å². The molecule has 0 heterocycles. The third kappa shape index (κ3) is 6.28. The van der Waals surface area contributed by atoms with Gasteiger partial charge in [-0.15, -0.1) is 5.17 Å². The summed E-state index contributed by atoms with van der Waals surface area (Å²) in [5.74, 6) is 0. The van der Waals surface area contributed by atoms with Crippen LogP contribution in [0.2, 0.25) is 0 Å². The number of hydroxylamine groups is 2. The molecule has 0 spiro atoms. The number of nitrogens with zero attached hydrogens (tertiary/aromatic N) is 2. The maximum absolute atomic E-state index is 11.4. The first-order valence-electron chi connectivity index (χ1n) is 4.69. The van der Waals surface area contributed by atoms with Gasteiger partial charge in [-0.2, -0.15) is 5.53 Å². The summed E-state index contributed by atoms with van der Waals surface area (Å²) in [6.45, 7) is 11.2. The largest absolute Gasteiger partial charge is 0.770 e. The fourth-order valence-electron chi connectivity index (χ4n) is 0.709. The highest BCUT2D eigenvalue weighted by Crippen LogP contribution is 2.11. The van der Waals surface area contributed by atoms with Gasteiger partial charge in [0.2, 0.25) is 0 Å². The Kier molecular flexibility index (Phi) is 4.48. The molecule has 0 aliphatic rings. The highest BCUT2D eigenvalue weighted by atomic mass is 16.7. The summed E-state index contributed by atoms with van der Waals surface area (Å²) in [5, 5.41) is 13.5. The molecular formula is C9H22N3O2-. The summed E-state index contributed by atoms with van der Waals surface area (Å²) < 4.78 is 0. The van der Waals surface area contributed by atoms with Crippen molar-refractivity contribution in [3.05, 3.63) is 5.21 Å². The Bertz CT molecular complexity index is 172. The van der Waals surface area contributed by atoms with Crippen LogP contribution in [0.25, 0.3) is 0 Å². The lowest BCUT2D eigenvalue weighted by Gasteiger charge is -2.44. The molecule has 0 aliphatic carbocycles. The predicted octanol–water partition coefficient (Wildman–Crippen LogP) is 1.67. The minimum absolute atomic E-state index is 0.319. The van der Waals surface area contributed by atoms with Crippen molar-refractivity contribution in [2.45, 2.75) is 52.7 Å². The Hall–Kier alpha value is -0.200. The average molecular weight is 204 g/mol. The molecule has 0 aromatic rings. The molecule has 0 fully saturated rings. The normalized spacial score (nSPS) is 14.1. The van der Waals surface area contributed by atoms with Gasteiger partial charge >= 0.3 is 0 Å². The summed E-state index contributed by atoms with van der Waals surface area (Å²) >= 11 is 0. The Morgan fingerprint density at radius 1 is 1.07 bits per heavy atom. The van der Waals surface area contributed by atoms with Crippen molar-refractivity contribution in [3.8, 4) is 0 Å².